The van der Waals surface area contributed by atoms with Crippen LogP contribution in [-0.2, 0) is 0 Å². The van der Waals surface area contributed by atoms with Crippen LogP contribution in [0.2, 0.25) is 0 Å². The second kappa shape index (κ2) is 4.01. The van der Waals surface area contributed by atoms with E-state index >= 15 is 0 Å². The predicted octanol–water partition coefficient (Wildman–Crippen LogP) is 1.82. The number of rotatable bonds is 2. The molecule has 0 atom stereocenters. The first-order chi connectivity index (χ1) is 8.02. The van der Waals surface area contributed by atoms with E-state index in [2.05, 4.69) is 5.10 Å². The van der Waals surface area contributed by atoms with Crippen molar-refractivity contribution < 1.29 is 9.18 Å². The maximum Gasteiger partial charge on any atom is 0.282 e. The molecule has 0 unspecified atom stereocenters. The van der Waals surface area contributed by atoms with Crippen molar-refractivity contribution in [3.05, 3.63) is 51.7 Å². The lowest BCUT2D eigenvalue weighted by Gasteiger charge is -2.01. The van der Waals surface area contributed by atoms with Gasteiger partial charge in [0.25, 0.3) is 5.56 Å². The maximum absolute atomic E-state index is 13.5. The Morgan fingerprint density at radius 3 is 2.53 bits per heavy atom. The van der Waals surface area contributed by atoms with E-state index in [0.717, 1.165) is 4.68 Å². The van der Waals surface area contributed by atoms with E-state index in [1.807, 2.05) is 0 Å². The lowest BCUT2D eigenvalue weighted by Crippen LogP contribution is -2.20. The van der Waals surface area contributed by atoms with Gasteiger partial charge in [0.1, 0.15) is 17.1 Å². The summed E-state index contributed by atoms with van der Waals surface area (Å²) >= 11 is 0. The molecule has 4 nitrogen and oxygen atoms in total. The van der Waals surface area contributed by atoms with Crippen molar-refractivity contribution in [3.8, 4) is 5.69 Å². The minimum atomic E-state index is -0.528. The van der Waals surface area contributed by atoms with Crippen LogP contribution < -0.4 is 5.56 Å². The van der Waals surface area contributed by atoms with Crippen LogP contribution in [0.1, 0.15) is 23.0 Å². The van der Waals surface area contributed by atoms with Gasteiger partial charge in [-0.25, -0.2) is 9.07 Å². The molecule has 1 heterocycles. The lowest BCUT2D eigenvalue weighted by atomic mass is 10.2. The molecule has 0 aliphatic heterocycles. The van der Waals surface area contributed by atoms with Gasteiger partial charge in [0.2, 0.25) is 0 Å². The summed E-state index contributed by atoms with van der Waals surface area (Å²) in [5.41, 5.74) is 0.0761. The summed E-state index contributed by atoms with van der Waals surface area (Å²) in [5.74, 6) is -0.857. The Labute approximate surface area is 96.7 Å². The summed E-state index contributed by atoms with van der Waals surface area (Å²) in [7, 11) is 0. The Morgan fingerprint density at radius 2 is 2.00 bits per heavy atom. The first kappa shape index (κ1) is 11.3. The first-order valence-corrected chi connectivity index (χ1v) is 5.10. The highest BCUT2D eigenvalue weighted by Gasteiger charge is 2.17. The van der Waals surface area contributed by atoms with Crippen molar-refractivity contribution in [2.45, 2.75) is 13.8 Å². The zero-order chi connectivity index (χ0) is 12.6. The number of H-pyrrole nitrogens is 1. The summed E-state index contributed by atoms with van der Waals surface area (Å²) in [6.45, 7) is 2.92. The average Bonchev–Trinajstić information content (AvgIpc) is 2.55. The third-order valence-electron chi connectivity index (χ3n) is 2.52. The molecule has 2 aromatic rings. The molecule has 0 aliphatic rings. The molecule has 2 rings (SSSR count). The Bertz CT molecular complexity index is 640. The summed E-state index contributed by atoms with van der Waals surface area (Å²) in [4.78, 5) is 23.2. The molecule has 0 spiro atoms. The third kappa shape index (κ3) is 1.80. The van der Waals surface area contributed by atoms with E-state index in [0.29, 0.717) is 5.69 Å². The molecule has 1 N–H and O–H groups in total. The minimum Gasteiger partial charge on any atom is -0.294 e. The van der Waals surface area contributed by atoms with Gasteiger partial charge in [0.15, 0.2) is 5.78 Å². The van der Waals surface area contributed by atoms with Gasteiger partial charge in [-0.3, -0.25) is 14.7 Å². The van der Waals surface area contributed by atoms with Gasteiger partial charge in [-0.05, 0) is 26.0 Å². The fourth-order valence-corrected chi connectivity index (χ4v) is 1.76. The van der Waals surface area contributed by atoms with Gasteiger partial charge in [-0.2, -0.15) is 0 Å². The number of ketones is 1. The maximum atomic E-state index is 13.5. The zero-order valence-electron chi connectivity index (χ0n) is 9.45. The number of nitrogens with zero attached hydrogens (tertiary/aromatic N) is 1. The summed E-state index contributed by atoms with van der Waals surface area (Å²) in [6.07, 6.45) is 0. The standard InChI is InChI=1S/C12H11FN2O2/c1-7-11(8(2)16)12(17)15(14-7)10-6-4-3-5-9(10)13/h3-6,14H,1-2H3. The number of carbonyl (C=O) groups excluding carboxylic acids is 1. The fraction of sp³-hybridized carbons (Fsp3) is 0.167. The summed E-state index contributed by atoms with van der Waals surface area (Å²) in [5, 5.41) is 2.69. The molecular weight excluding hydrogens is 223 g/mol. The molecule has 0 bridgehead atoms. The molecule has 1 aromatic carbocycles. The largest absolute Gasteiger partial charge is 0.294 e. The predicted molar refractivity (Wildman–Crippen MR) is 61.1 cm³/mol. The first-order valence-electron chi connectivity index (χ1n) is 5.10. The Morgan fingerprint density at radius 1 is 1.35 bits per heavy atom. The third-order valence-corrected chi connectivity index (χ3v) is 2.52. The van der Waals surface area contributed by atoms with Gasteiger partial charge in [-0.1, -0.05) is 12.1 Å². The topological polar surface area (TPSA) is 54.9 Å². The van der Waals surface area contributed by atoms with Crippen molar-refractivity contribution in [2.24, 2.45) is 0 Å². The van der Waals surface area contributed by atoms with E-state index < -0.39 is 11.4 Å². The van der Waals surface area contributed by atoms with Crippen molar-refractivity contribution in [1.82, 2.24) is 9.78 Å². The van der Waals surface area contributed by atoms with E-state index in [4.69, 9.17) is 0 Å². The number of para-hydroxylation sites is 1. The second-order valence-electron chi connectivity index (χ2n) is 3.76. The molecule has 17 heavy (non-hydrogen) atoms. The van der Waals surface area contributed by atoms with Crippen LogP contribution >= 0.6 is 0 Å². The molecule has 5 heteroatoms. The van der Waals surface area contributed by atoms with Crippen LogP contribution in [0.4, 0.5) is 4.39 Å². The number of aryl methyl sites for hydroxylation is 1. The van der Waals surface area contributed by atoms with E-state index in [1.54, 1.807) is 13.0 Å². The number of hydrogen-bond acceptors (Lipinski definition) is 2. The molecule has 0 saturated heterocycles. The average molecular weight is 234 g/mol. The minimum absolute atomic E-state index is 0.0632. The van der Waals surface area contributed by atoms with E-state index in [9.17, 15) is 14.0 Å². The lowest BCUT2D eigenvalue weighted by molar-refractivity contribution is 0.101. The highest BCUT2D eigenvalue weighted by atomic mass is 19.1. The molecule has 0 radical (unpaired) electrons. The van der Waals surface area contributed by atoms with Crippen molar-refractivity contribution in [3.63, 3.8) is 0 Å². The van der Waals surface area contributed by atoms with Crippen LogP contribution in [0.5, 0.6) is 0 Å². The van der Waals surface area contributed by atoms with Crippen LogP contribution in [0.3, 0.4) is 0 Å². The quantitative estimate of drug-likeness (QED) is 0.806. The highest BCUT2D eigenvalue weighted by molar-refractivity contribution is 5.94. The number of halogens is 1. The number of aromatic amines is 1. The van der Waals surface area contributed by atoms with Gasteiger partial charge in [-0.15, -0.1) is 0 Å². The fourth-order valence-electron chi connectivity index (χ4n) is 1.76. The molecule has 88 valence electrons. The second-order valence-corrected chi connectivity index (χ2v) is 3.76. The number of nitrogens with one attached hydrogen (secondary N) is 1. The molecule has 1 aromatic heterocycles. The van der Waals surface area contributed by atoms with E-state index in [-0.39, 0.29) is 17.0 Å². The number of carbonyl (C=O) groups is 1. The van der Waals surface area contributed by atoms with Gasteiger partial charge >= 0.3 is 0 Å². The van der Waals surface area contributed by atoms with Crippen LogP contribution in [0.25, 0.3) is 5.69 Å². The molecular formula is C12H11FN2O2. The van der Waals surface area contributed by atoms with Crippen molar-refractivity contribution in [1.29, 1.82) is 0 Å². The van der Waals surface area contributed by atoms with Gasteiger partial charge in [0, 0.05) is 5.69 Å². The normalized spacial score (nSPS) is 10.5. The van der Waals surface area contributed by atoms with Gasteiger partial charge < -0.3 is 0 Å². The number of aromatic nitrogens is 2. The number of hydrogen-bond donors (Lipinski definition) is 1. The molecule has 0 saturated carbocycles. The Kier molecular flexibility index (Phi) is 2.67. The Balaban J connectivity index is 2.71. The van der Waals surface area contributed by atoms with E-state index in [1.165, 1.54) is 25.1 Å². The van der Waals surface area contributed by atoms with Crippen molar-refractivity contribution >= 4 is 5.78 Å². The SMILES string of the molecule is CC(=O)c1c(C)[nH]n(-c2ccccc2F)c1=O. The molecule has 0 fully saturated rings. The van der Waals surface area contributed by atoms with Crippen LogP contribution in [0, 0.1) is 12.7 Å². The van der Waals surface area contributed by atoms with Crippen LogP contribution in [-0.4, -0.2) is 15.6 Å². The summed E-state index contributed by atoms with van der Waals surface area (Å²) < 4.78 is 14.6. The zero-order valence-corrected chi connectivity index (χ0v) is 9.45. The monoisotopic (exact) mass is 234 g/mol. The van der Waals surface area contributed by atoms with Crippen LogP contribution in [0.15, 0.2) is 29.1 Å². The van der Waals surface area contributed by atoms with Gasteiger partial charge in [0.05, 0.1) is 0 Å². The molecule has 0 amide bonds. The Hall–Kier alpha value is -2.17. The molecule has 0 aliphatic carbocycles. The number of Topliss-reactive ketones (excluding diaryl/α,β-unsaturated/α-hetero) is 1. The smallest absolute Gasteiger partial charge is 0.282 e. The van der Waals surface area contributed by atoms with Crippen molar-refractivity contribution in [2.75, 3.05) is 0 Å². The number of benzene rings is 1. The summed E-state index contributed by atoms with van der Waals surface area (Å²) in [6, 6.07) is 5.88. The highest BCUT2D eigenvalue weighted by Crippen LogP contribution is 2.11.